The Hall–Kier alpha value is -1.68. The van der Waals surface area contributed by atoms with Gasteiger partial charge < -0.3 is 5.11 Å². The first-order valence-corrected chi connectivity index (χ1v) is 4.98. The van der Waals surface area contributed by atoms with Crippen molar-refractivity contribution in [3.63, 3.8) is 0 Å². The lowest BCUT2D eigenvalue weighted by molar-refractivity contribution is 0.0928. The summed E-state index contributed by atoms with van der Waals surface area (Å²) in [5, 5.41) is 14.4. The highest BCUT2D eigenvalue weighted by atomic mass is 19.1. The predicted molar refractivity (Wildman–Crippen MR) is 58.3 cm³/mol. The van der Waals surface area contributed by atoms with Crippen LogP contribution in [0.3, 0.4) is 0 Å². The van der Waals surface area contributed by atoms with Crippen LogP contribution in [0.2, 0.25) is 0 Å². The maximum absolute atomic E-state index is 12.8. The van der Waals surface area contributed by atoms with E-state index in [1.54, 1.807) is 43.0 Å². The zero-order chi connectivity index (χ0) is 11.8. The van der Waals surface area contributed by atoms with Gasteiger partial charge in [-0.3, -0.25) is 4.68 Å². The van der Waals surface area contributed by atoms with Crippen LogP contribution in [0.25, 0.3) is 0 Å². The summed E-state index contributed by atoms with van der Waals surface area (Å²) in [5.41, 5.74) is 0.135. The van der Waals surface area contributed by atoms with Crippen LogP contribution < -0.4 is 0 Å². The largest absolute Gasteiger partial charge is 0.379 e. The number of aromatic nitrogens is 2. The molecule has 0 spiro atoms. The lowest BCUT2D eigenvalue weighted by Crippen LogP contribution is -2.26. The Kier molecular flexibility index (Phi) is 2.52. The third-order valence-corrected chi connectivity index (χ3v) is 2.73. The van der Waals surface area contributed by atoms with Gasteiger partial charge in [-0.2, -0.15) is 5.10 Å². The van der Waals surface area contributed by atoms with Gasteiger partial charge in [-0.15, -0.1) is 0 Å². The third-order valence-electron chi connectivity index (χ3n) is 2.73. The summed E-state index contributed by atoms with van der Waals surface area (Å²) in [5.74, 6) is -0.315. The highest BCUT2D eigenvalue weighted by Gasteiger charge is 2.28. The Morgan fingerprint density at radius 2 is 1.88 bits per heavy atom. The summed E-state index contributed by atoms with van der Waals surface area (Å²) in [7, 11) is 1.76. The minimum absolute atomic E-state index is 0.315. The number of rotatable bonds is 2. The van der Waals surface area contributed by atoms with Gasteiger partial charge in [0.2, 0.25) is 0 Å². The maximum atomic E-state index is 12.8. The van der Waals surface area contributed by atoms with Crippen LogP contribution in [-0.4, -0.2) is 14.9 Å². The average Bonchev–Trinajstić information content (AvgIpc) is 2.66. The third kappa shape index (κ3) is 1.72. The van der Waals surface area contributed by atoms with E-state index >= 15 is 0 Å². The van der Waals surface area contributed by atoms with Gasteiger partial charge in [-0.05, 0) is 30.7 Å². The summed E-state index contributed by atoms with van der Waals surface area (Å²) in [6.45, 7) is 1.66. The monoisotopic (exact) mass is 220 g/mol. The van der Waals surface area contributed by atoms with Crippen molar-refractivity contribution in [1.82, 2.24) is 9.78 Å². The molecule has 1 atom stereocenters. The van der Waals surface area contributed by atoms with Crippen molar-refractivity contribution in [2.75, 3.05) is 0 Å². The Balaban J connectivity index is 2.46. The van der Waals surface area contributed by atoms with Gasteiger partial charge in [0.15, 0.2) is 0 Å². The molecule has 0 saturated heterocycles. The molecule has 1 aromatic heterocycles. The van der Waals surface area contributed by atoms with Crippen molar-refractivity contribution in [2.24, 2.45) is 7.05 Å². The average molecular weight is 220 g/mol. The highest BCUT2D eigenvalue weighted by molar-refractivity contribution is 5.31. The molecule has 0 aliphatic heterocycles. The van der Waals surface area contributed by atoms with Gasteiger partial charge >= 0.3 is 0 Å². The molecule has 2 rings (SSSR count). The van der Waals surface area contributed by atoms with Crippen molar-refractivity contribution in [3.8, 4) is 0 Å². The molecule has 2 aromatic rings. The quantitative estimate of drug-likeness (QED) is 0.838. The fourth-order valence-electron chi connectivity index (χ4n) is 1.77. The van der Waals surface area contributed by atoms with Gasteiger partial charge in [0, 0.05) is 13.2 Å². The molecule has 3 nitrogen and oxygen atoms in total. The zero-order valence-electron chi connectivity index (χ0n) is 9.18. The Bertz CT molecular complexity index is 488. The summed E-state index contributed by atoms with van der Waals surface area (Å²) in [6, 6.07) is 7.55. The predicted octanol–water partition coefficient (Wildman–Crippen LogP) is 1.81. The van der Waals surface area contributed by atoms with E-state index in [-0.39, 0.29) is 5.82 Å². The van der Waals surface area contributed by atoms with Gasteiger partial charge in [0.05, 0.1) is 5.69 Å². The first-order chi connectivity index (χ1) is 7.51. The van der Waals surface area contributed by atoms with Crippen molar-refractivity contribution in [2.45, 2.75) is 12.5 Å². The molecular weight excluding hydrogens is 207 g/mol. The molecule has 4 heteroatoms. The number of halogens is 1. The lowest BCUT2D eigenvalue weighted by atomic mass is 9.92. The summed E-state index contributed by atoms with van der Waals surface area (Å²) in [4.78, 5) is 0. The van der Waals surface area contributed by atoms with E-state index in [1.165, 1.54) is 12.1 Å². The van der Waals surface area contributed by atoms with Crippen molar-refractivity contribution >= 4 is 0 Å². The van der Waals surface area contributed by atoms with Crippen molar-refractivity contribution in [3.05, 3.63) is 53.6 Å². The molecule has 84 valence electrons. The Morgan fingerprint density at radius 1 is 1.25 bits per heavy atom. The van der Waals surface area contributed by atoms with Crippen LogP contribution in [0.5, 0.6) is 0 Å². The minimum Gasteiger partial charge on any atom is -0.379 e. The number of benzene rings is 1. The second kappa shape index (κ2) is 3.72. The lowest BCUT2D eigenvalue weighted by Gasteiger charge is -2.24. The van der Waals surface area contributed by atoms with Gasteiger partial charge in [0.1, 0.15) is 11.4 Å². The SMILES string of the molecule is Cn1nccc1C(C)(O)c1ccc(F)cc1. The normalized spacial score (nSPS) is 14.8. The number of hydrogen-bond acceptors (Lipinski definition) is 2. The second-order valence-corrected chi connectivity index (χ2v) is 3.92. The van der Waals surface area contributed by atoms with Crippen LogP contribution in [0, 0.1) is 5.82 Å². The van der Waals surface area contributed by atoms with Crippen molar-refractivity contribution < 1.29 is 9.50 Å². The molecule has 0 bridgehead atoms. The molecule has 16 heavy (non-hydrogen) atoms. The molecule has 0 saturated carbocycles. The van der Waals surface area contributed by atoms with E-state index in [1.807, 2.05) is 0 Å². The summed E-state index contributed by atoms with van der Waals surface area (Å²) < 4.78 is 14.4. The number of aliphatic hydroxyl groups is 1. The topological polar surface area (TPSA) is 38.0 Å². The zero-order valence-corrected chi connectivity index (χ0v) is 9.18. The van der Waals surface area contributed by atoms with Crippen LogP contribution >= 0.6 is 0 Å². The highest BCUT2D eigenvalue weighted by Crippen LogP contribution is 2.28. The van der Waals surface area contributed by atoms with Gasteiger partial charge in [-0.25, -0.2) is 4.39 Å². The molecule has 1 N–H and O–H groups in total. The van der Waals surface area contributed by atoms with Crippen molar-refractivity contribution in [1.29, 1.82) is 0 Å². The molecule has 1 aromatic carbocycles. The molecule has 1 unspecified atom stereocenters. The van der Waals surface area contributed by atoms with Gasteiger partial charge in [0.25, 0.3) is 0 Å². The molecule has 0 aliphatic carbocycles. The maximum Gasteiger partial charge on any atom is 0.128 e. The number of aryl methyl sites for hydroxylation is 1. The standard InChI is InChI=1S/C12H13FN2O/c1-12(16,11-7-8-14-15(11)2)9-3-5-10(13)6-4-9/h3-8,16H,1-2H3. The van der Waals surface area contributed by atoms with Crippen LogP contribution in [-0.2, 0) is 12.6 Å². The second-order valence-electron chi connectivity index (χ2n) is 3.92. The van der Waals surface area contributed by atoms with E-state index in [0.29, 0.717) is 11.3 Å². The van der Waals surface area contributed by atoms with Crippen LogP contribution in [0.15, 0.2) is 36.5 Å². The smallest absolute Gasteiger partial charge is 0.128 e. The van der Waals surface area contributed by atoms with E-state index in [4.69, 9.17) is 0 Å². The van der Waals surface area contributed by atoms with Crippen LogP contribution in [0.1, 0.15) is 18.2 Å². The van der Waals surface area contributed by atoms with E-state index in [9.17, 15) is 9.50 Å². The molecule has 0 amide bonds. The molecule has 0 radical (unpaired) electrons. The molecular formula is C12H13FN2O. The van der Waals surface area contributed by atoms with Crippen LogP contribution in [0.4, 0.5) is 4.39 Å². The summed E-state index contributed by atoms with van der Waals surface area (Å²) >= 11 is 0. The van der Waals surface area contributed by atoms with E-state index in [0.717, 1.165) is 0 Å². The van der Waals surface area contributed by atoms with E-state index < -0.39 is 5.60 Å². The summed E-state index contributed by atoms with van der Waals surface area (Å²) in [6.07, 6.45) is 1.62. The first-order valence-electron chi connectivity index (χ1n) is 4.98. The molecule has 0 fully saturated rings. The fraction of sp³-hybridized carbons (Fsp3) is 0.250. The minimum atomic E-state index is -1.17. The van der Waals surface area contributed by atoms with E-state index in [2.05, 4.69) is 5.10 Å². The van der Waals surface area contributed by atoms with Gasteiger partial charge in [-0.1, -0.05) is 12.1 Å². The molecule has 0 aliphatic rings. The first kappa shape index (κ1) is 10.8. The fourth-order valence-corrected chi connectivity index (χ4v) is 1.77. The Morgan fingerprint density at radius 3 is 2.38 bits per heavy atom. The Labute approximate surface area is 93.2 Å². The number of hydrogen-bond donors (Lipinski definition) is 1. The molecule has 1 heterocycles. The number of nitrogens with zero attached hydrogens (tertiary/aromatic N) is 2.